The average Bonchev–Trinajstić information content (AvgIpc) is 3.21. The Kier molecular flexibility index (Phi) is 6.41. The molecule has 3 unspecified atom stereocenters. The van der Waals surface area contributed by atoms with Gasteiger partial charge in [0, 0.05) is 13.1 Å². The van der Waals surface area contributed by atoms with Crippen LogP contribution in [0.5, 0.6) is 0 Å². The normalized spacial score (nSPS) is 28.4. The summed E-state index contributed by atoms with van der Waals surface area (Å²) < 4.78 is 34.8. The van der Waals surface area contributed by atoms with E-state index < -0.39 is 64.9 Å². The highest BCUT2D eigenvalue weighted by Crippen LogP contribution is 2.30. The zero-order valence-corrected chi connectivity index (χ0v) is 16.4. The van der Waals surface area contributed by atoms with Crippen molar-refractivity contribution >= 4 is 34.2 Å². The first-order valence-corrected chi connectivity index (χ1v) is 10.5. The molecule has 0 radical (unpaired) electrons. The van der Waals surface area contributed by atoms with Crippen LogP contribution in [0.2, 0.25) is 0 Å². The molecule has 30 heavy (non-hydrogen) atoms. The summed E-state index contributed by atoms with van der Waals surface area (Å²) in [5.41, 5.74) is 4.31. The average molecular weight is 450 g/mol. The van der Waals surface area contributed by atoms with Crippen LogP contribution in [-0.4, -0.2) is 95.7 Å². The number of hydrogen-bond acceptors (Lipinski definition) is 9. The standard InChI is InChI=1S/C14H22N6O9S/c21-8-3-9(15-4-8)12(23)18-17-11(22)5-16-13(24)10-2-1-7-6-19(10)14(25)20(7)29-30(26,27)28/h7-10,15,21H,1-6H2,(H,16,24)(H,17,22)(H,18,23)(H,26,27,28)/t7?,8?,9?,10-/m0/s1. The molecule has 6 N–H and O–H groups in total. The molecule has 16 heteroatoms. The highest BCUT2D eigenvalue weighted by Gasteiger charge is 2.49. The maximum Gasteiger partial charge on any atom is 0.418 e. The lowest BCUT2D eigenvalue weighted by Crippen LogP contribution is -2.54. The number of fused-ring (bicyclic) bond motifs is 2. The molecule has 0 saturated carbocycles. The minimum Gasteiger partial charge on any atom is -0.392 e. The molecule has 3 fully saturated rings. The van der Waals surface area contributed by atoms with Crippen molar-refractivity contribution in [2.75, 3.05) is 19.6 Å². The number of aliphatic hydroxyl groups is 1. The first-order chi connectivity index (χ1) is 14.0. The van der Waals surface area contributed by atoms with E-state index in [0.29, 0.717) is 5.06 Å². The van der Waals surface area contributed by atoms with E-state index >= 15 is 0 Å². The number of nitrogens with zero attached hydrogens (tertiary/aromatic N) is 2. The van der Waals surface area contributed by atoms with Crippen LogP contribution in [0, 0.1) is 0 Å². The van der Waals surface area contributed by atoms with E-state index in [0.717, 1.165) is 4.90 Å². The van der Waals surface area contributed by atoms with Crippen molar-refractivity contribution in [3.8, 4) is 0 Å². The second-order valence-electron chi connectivity index (χ2n) is 7.12. The summed E-state index contributed by atoms with van der Waals surface area (Å²) in [6.07, 6.45) is 0.0152. The van der Waals surface area contributed by atoms with Gasteiger partial charge < -0.3 is 20.6 Å². The summed E-state index contributed by atoms with van der Waals surface area (Å²) in [6.45, 7) is -0.186. The molecule has 168 valence electrons. The molecule has 0 aromatic carbocycles. The number of nitrogens with one attached hydrogen (secondary N) is 4. The number of hydrazine groups is 1. The molecule has 3 aliphatic heterocycles. The quantitative estimate of drug-likeness (QED) is 0.171. The fourth-order valence-corrected chi connectivity index (χ4v) is 3.96. The Morgan fingerprint density at radius 2 is 1.93 bits per heavy atom. The summed E-state index contributed by atoms with van der Waals surface area (Å²) in [5.74, 6) is -1.89. The molecule has 3 aliphatic rings. The molecular weight excluding hydrogens is 428 g/mol. The molecule has 3 rings (SSSR count). The Bertz CT molecular complexity index is 836. The maximum absolute atomic E-state index is 12.4. The zero-order valence-electron chi connectivity index (χ0n) is 15.6. The number of aliphatic hydroxyl groups excluding tert-OH is 1. The van der Waals surface area contributed by atoms with Crippen molar-refractivity contribution in [3.63, 3.8) is 0 Å². The second-order valence-corrected chi connectivity index (χ2v) is 8.12. The van der Waals surface area contributed by atoms with Crippen molar-refractivity contribution in [2.24, 2.45) is 0 Å². The Hall–Kier alpha value is -2.53. The smallest absolute Gasteiger partial charge is 0.392 e. The Balaban J connectivity index is 1.44. The predicted molar refractivity (Wildman–Crippen MR) is 95.1 cm³/mol. The van der Waals surface area contributed by atoms with Crippen LogP contribution in [0.15, 0.2) is 0 Å². The van der Waals surface area contributed by atoms with Gasteiger partial charge in [0.2, 0.25) is 5.91 Å². The van der Waals surface area contributed by atoms with Crippen LogP contribution < -0.4 is 21.5 Å². The lowest BCUT2D eigenvalue weighted by molar-refractivity contribution is -0.131. The topological polar surface area (TPSA) is 207 Å². The van der Waals surface area contributed by atoms with Gasteiger partial charge in [-0.05, 0) is 19.3 Å². The van der Waals surface area contributed by atoms with Crippen molar-refractivity contribution in [1.29, 1.82) is 0 Å². The summed E-state index contributed by atoms with van der Waals surface area (Å²) in [7, 11) is -4.89. The number of hydroxylamine groups is 2. The van der Waals surface area contributed by atoms with Gasteiger partial charge in [-0.3, -0.25) is 29.8 Å². The molecule has 4 atom stereocenters. The van der Waals surface area contributed by atoms with Crippen LogP contribution in [0.3, 0.4) is 0 Å². The second kappa shape index (κ2) is 8.68. The van der Waals surface area contributed by atoms with Gasteiger partial charge in [-0.25, -0.2) is 4.79 Å². The van der Waals surface area contributed by atoms with Crippen LogP contribution >= 0.6 is 0 Å². The van der Waals surface area contributed by atoms with Crippen molar-refractivity contribution in [1.82, 2.24) is 31.4 Å². The Morgan fingerprint density at radius 1 is 1.20 bits per heavy atom. The van der Waals surface area contributed by atoms with Crippen LogP contribution in [0.4, 0.5) is 4.79 Å². The number of amides is 5. The molecule has 3 heterocycles. The van der Waals surface area contributed by atoms with Gasteiger partial charge in [0.05, 0.1) is 24.7 Å². The SMILES string of the molecule is O=C(CNC(=O)[C@@H]1CCC2CN1C(=O)N2OS(=O)(=O)O)NNC(=O)C1CC(O)CN1. The van der Waals surface area contributed by atoms with Gasteiger partial charge in [0.15, 0.2) is 0 Å². The summed E-state index contributed by atoms with van der Waals surface area (Å²) in [6, 6.07) is -3.11. The van der Waals surface area contributed by atoms with Gasteiger partial charge in [0.1, 0.15) is 6.04 Å². The number of hydrogen-bond donors (Lipinski definition) is 6. The van der Waals surface area contributed by atoms with Gasteiger partial charge in [-0.2, -0.15) is 13.5 Å². The summed E-state index contributed by atoms with van der Waals surface area (Å²) in [4.78, 5) is 49.4. The molecule has 3 saturated heterocycles. The Morgan fingerprint density at radius 3 is 2.57 bits per heavy atom. The number of carbonyl (C=O) groups excluding carboxylic acids is 4. The summed E-state index contributed by atoms with van der Waals surface area (Å²) in [5, 5.41) is 15.0. The zero-order chi connectivity index (χ0) is 22.1. The van der Waals surface area contributed by atoms with Crippen molar-refractivity contribution in [3.05, 3.63) is 0 Å². The van der Waals surface area contributed by atoms with E-state index in [-0.39, 0.29) is 32.4 Å². The lowest BCUT2D eigenvalue weighted by Gasteiger charge is -2.29. The van der Waals surface area contributed by atoms with Gasteiger partial charge in [-0.1, -0.05) is 0 Å². The summed E-state index contributed by atoms with van der Waals surface area (Å²) >= 11 is 0. The van der Waals surface area contributed by atoms with Crippen LogP contribution in [-0.2, 0) is 29.1 Å². The number of piperidine rings is 1. The fourth-order valence-electron chi connectivity index (χ4n) is 3.57. The molecule has 5 amide bonds. The van der Waals surface area contributed by atoms with Gasteiger partial charge in [0.25, 0.3) is 11.8 Å². The van der Waals surface area contributed by atoms with E-state index in [1.54, 1.807) is 0 Å². The minimum absolute atomic E-state index is 0.0228. The van der Waals surface area contributed by atoms with Gasteiger partial charge in [-0.15, -0.1) is 4.28 Å². The predicted octanol–water partition coefficient (Wildman–Crippen LogP) is -4.02. The molecule has 0 aromatic rings. The minimum atomic E-state index is -4.89. The number of β-amino-alcohol motifs (C(OH)–C–C–N with tert-alkyl or cyclic N) is 1. The molecule has 2 bridgehead atoms. The third kappa shape index (κ3) is 5.14. The molecular formula is C14H22N6O9S. The third-order valence-electron chi connectivity index (χ3n) is 4.97. The first kappa shape index (κ1) is 22.2. The molecule has 0 spiro atoms. The third-order valence-corrected chi connectivity index (χ3v) is 5.32. The highest BCUT2D eigenvalue weighted by atomic mass is 32.3. The molecule has 0 aromatic heterocycles. The van der Waals surface area contributed by atoms with Gasteiger partial charge >= 0.3 is 16.4 Å². The maximum atomic E-state index is 12.4. The van der Waals surface area contributed by atoms with Crippen molar-refractivity contribution in [2.45, 2.75) is 43.5 Å². The van der Waals surface area contributed by atoms with E-state index in [1.165, 1.54) is 0 Å². The molecule has 15 nitrogen and oxygen atoms in total. The van der Waals surface area contributed by atoms with Crippen LogP contribution in [0.25, 0.3) is 0 Å². The van der Waals surface area contributed by atoms with E-state index in [9.17, 15) is 32.7 Å². The first-order valence-electron chi connectivity index (χ1n) is 9.10. The molecule has 0 aliphatic carbocycles. The fraction of sp³-hybridized carbons (Fsp3) is 0.714. The van der Waals surface area contributed by atoms with Crippen LogP contribution in [0.1, 0.15) is 19.3 Å². The largest absolute Gasteiger partial charge is 0.418 e. The van der Waals surface area contributed by atoms with Crippen molar-refractivity contribution < 1.29 is 41.5 Å². The number of carbonyl (C=O) groups is 4. The number of urea groups is 1. The van der Waals surface area contributed by atoms with E-state index in [1.807, 2.05) is 0 Å². The van der Waals surface area contributed by atoms with E-state index in [4.69, 9.17) is 4.55 Å². The van der Waals surface area contributed by atoms with E-state index in [2.05, 4.69) is 25.8 Å². The lowest BCUT2D eigenvalue weighted by atomic mass is 10.0. The monoisotopic (exact) mass is 450 g/mol. The highest BCUT2D eigenvalue weighted by molar-refractivity contribution is 7.80. The Labute approximate surface area is 171 Å². The number of rotatable bonds is 6.